The zero-order chi connectivity index (χ0) is 18.3. The molecule has 0 atom stereocenters. The van der Waals surface area contributed by atoms with Crippen LogP contribution in [0.25, 0.3) is 0 Å². The van der Waals surface area contributed by atoms with Gasteiger partial charge in [0.05, 0.1) is 13.2 Å². The number of hydrogen-bond donors (Lipinski definition) is 2. The molecule has 0 aliphatic heterocycles. The molecule has 0 radical (unpaired) electrons. The summed E-state index contributed by atoms with van der Waals surface area (Å²) in [7, 11) is 0. The van der Waals surface area contributed by atoms with Gasteiger partial charge in [0.2, 0.25) is 0 Å². The molecule has 136 valence electrons. The van der Waals surface area contributed by atoms with Crippen LogP contribution in [0.5, 0.6) is 11.5 Å². The molecule has 2 N–H and O–H groups in total. The van der Waals surface area contributed by atoms with Crippen LogP contribution in [-0.4, -0.2) is 23.9 Å². The second-order valence-corrected chi connectivity index (χ2v) is 6.90. The monoisotopic (exact) mass is 363 g/mol. The highest BCUT2D eigenvalue weighted by Gasteiger charge is 2.15. The average molecular weight is 364 g/mol. The van der Waals surface area contributed by atoms with Crippen molar-refractivity contribution in [1.82, 2.24) is 5.32 Å². The van der Waals surface area contributed by atoms with Crippen LogP contribution in [0.2, 0.25) is 5.02 Å². The Balaban J connectivity index is 2.09. The first-order valence-corrected chi connectivity index (χ1v) is 8.81. The van der Waals surface area contributed by atoms with E-state index in [1.807, 2.05) is 63.2 Å². The first-order valence-electron chi connectivity index (χ1n) is 8.43. The Morgan fingerprint density at radius 3 is 2.52 bits per heavy atom. The van der Waals surface area contributed by atoms with Gasteiger partial charge in [-0.1, -0.05) is 35.9 Å². The third kappa shape index (κ3) is 5.92. The Labute approximate surface area is 154 Å². The molecule has 0 heterocycles. The van der Waals surface area contributed by atoms with E-state index in [1.165, 1.54) is 0 Å². The van der Waals surface area contributed by atoms with Crippen LogP contribution in [0, 0.1) is 0 Å². The first kappa shape index (κ1) is 19.6. The fraction of sp³-hybridized carbons (Fsp3) is 0.400. The van der Waals surface area contributed by atoms with Crippen LogP contribution in [0.15, 0.2) is 42.5 Å². The van der Waals surface area contributed by atoms with Gasteiger partial charge >= 0.3 is 0 Å². The number of ether oxygens (including phenoxy) is 2. The molecule has 25 heavy (non-hydrogen) atoms. The zero-order valence-corrected chi connectivity index (χ0v) is 15.8. The normalized spacial score (nSPS) is 11.4. The molecule has 0 amide bonds. The van der Waals surface area contributed by atoms with Gasteiger partial charge in [-0.05, 0) is 44.5 Å². The van der Waals surface area contributed by atoms with E-state index in [9.17, 15) is 5.11 Å². The van der Waals surface area contributed by atoms with Gasteiger partial charge in [-0.3, -0.25) is 0 Å². The van der Waals surface area contributed by atoms with E-state index in [0.717, 1.165) is 11.1 Å². The fourth-order valence-corrected chi connectivity index (χ4v) is 2.41. The Kier molecular flexibility index (Phi) is 7.12. The summed E-state index contributed by atoms with van der Waals surface area (Å²) in [5, 5.41) is 13.3. The van der Waals surface area contributed by atoms with E-state index in [-0.39, 0.29) is 12.1 Å². The molecule has 0 aliphatic rings. The van der Waals surface area contributed by atoms with Crippen LogP contribution in [-0.2, 0) is 13.2 Å². The lowest BCUT2D eigenvalue weighted by Gasteiger charge is -2.24. The molecule has 4 nitrogen and oxygen atoms in total. The SMILES string of the molecule is CCOc1cc(CNC(C)(C)CO)ccc1OCc1ccccc1Cl. The summed E-state index contributed by atoms with van der Waals surface area (Å²) in [6.07, 6.45) is 0. The smallest absolute Gasteiger partial charge is 0.161 e. The third-order valence-electron chi connectivity index (χ3n) is 3.82. The molecule has 0 unspecified atom stereocenters. The average Bonchev–Trinajstić information content (AvgIpc) is 2.61. The molecule has 5 heteroatoms. The van der Waals surface area contributed by atoms with Gasteiger partial charge in [0.15, 0.2) is 11.5 Å². The van der Waals surface area contributed by atoms with Crippen LogP contribution in [0.1, 0.15) is 31.9 Å². The Hall–Kier alpha value is -1.75. The van der Waals surface area contributed by atoms with Crippen molar-refractivity contribution >= 4 is 11.6 Å². The van der Waals surface area contributed by atoms with Crippen LogP contribution in [0.3, 0.4) is 0 Å². The highest BCUT2D eigenvalue weighted by atomic mass is 35.5. The molecule has 0 saturated heterocycles. The summed E-state index contributed by atoms with van der Waals surface area (Å²) >= 11 is 6.17. The molecule has 0 bridgehead atoms. The van der Waals surface area contributed by atoms with Gasteiger partial charge in [-0.25, -0.2) is 0 Å². The van der Waals surface area contributed by atoms with Gasteiger partial charge in [-0.2, -0.15) is 0 Å². The first-order chi connectivity index (χ1) is 11.9. The van der Waals surface area contributed by atoms with Crippen LogP contribution >= 0.6 is 11.6 Å². The van der Waals surface area contributed by atoms with E-state index in [0.29, 0.717) is 36.3 Å². The van der Waals surface area contributed by atoms with Crippen LogP contribution < -0.4 is 14.8 Å². The Morgan fingerprint density at radius 1 is 1.08 bits per heavy atom. The zero-order valence-electron chi connectivity index (χ0n) is 15.0. The largest absolute Gasteiger partial charge is 0.490 e. The van der Waals surface area contributed by atoms with Crippen molar-refractivity contribution < 1.29 is 14.6 Å². The lowest BCUT2D eigenvalue weighted by molar-refractivity contribution is 0.187. The summed E-state index contributed by atoms with van der Waals surface area (Å²) in [5.74, 6) is 1.39. The number of aliphatic hydroxyl groups excluding tert-OH is 1. The van der Waals surface area contributed by atoms with Crippen molar-refractivity contribution in [1.29, 1.82) is 0 Å². The van der Waals surface area contributed by atoms with Crippen molar-refractivity contribution in [2.75, 3.05) is 13.2 Å². The van der Waals surface area contributed by atoms with Gasteiger partial charge in [0.25, 0.3) is 0 Å². The summed E-state index contributed by atoms with van der Waals surface area (Å²) in [5.41, 5.74) is 1.67. The maximum Gasteiger partial charge on any atom is 0.161 e. The van der Waals surface area contributed by atoms with E-state index in [2.05, 4.69) is 5.32 Å². The minimum atomic E-state index is -0.328. The van der Waals surface area contributed by atoms with Gasteiger partial charge in [-0.15, -0.1) is 0 Å². The highest BCUT2D eigenvalue weighted by molar-refractivity contribution is 6.31. The maximum absolute atomic E-state index is 9.34. The maximum atomic E-state index is 9.34. The minimum absolute atomic E-state index is 0.0738. The molecule has 0 fully saturated rings. The van der Waals surface area contributed by atoms with Crippen molar-refractivity contribution in [3.05, 3.63) is 58.6 Å². The third-order valence-corrected chi connectivity index (χ3v) is 4.18. The van der Waals surface area contributed by atoms with Crippen molar-refractivity contribution in [2.24, 2.45) is 0 Å². The lowest BCUT2D eigenvalue weighted by Crippen LogP contribution is -2.42. The van der Waals surface area contributed by atoms with Crippen LogP contribution in [0.4, 0.5) is 0 Å². The second kappa shape index (κ2) is 9.09. The molecular weight excluding hydrogens is 338 g/mol. The predicted molar refractivity (Wildman–Crippen MR) is 101 cm³/mol. The number of nitrogens with one attached hydrogen (secondary N) is 1. The van der Waals surface area contributed by atoms with Crippen molar-refractivity contribution in [2.45, 2.75) is 39.5 Å². The summed E-state index contributed by atoms with van der Waals surface area (Å²) in [4.78, 5) is 0. The molecular formula is C20H26ClNO3. The van der Waals surface area contributed by atoms with Gasteiger partial charge in [0, 0.05) is 22.7 Å². The Morgan fingerprint density at radius 2 is 1.84 bits per heavy atom. The standard InChI is InChI=1S/C20H26ClNO3/c1-4-24-19-11-15(12-22-20(2,3)14-23)9-10-18(19)25-13-16-7-5-6-8-17(16)21/h5-11,22-23H,4,12-14H2,1-3H3. The fourth-order valence-electron chi connectivity index (χ4n) is 2.22. The number of halogens is 1. The number of benzene rings is 2. The summed E-state index contributed by atoms with van der Waals surface area (Å²) in [6, 6.07) is 13.5. The number of hydrogen-bond acceptors (Lipinski definition) is 4. The molecule has 0 spiro atoms. The van der Waals surface area contributed by atoms with E-state index >= 15 is 0 Å². The molecule has 2 aromatic carbocycles. The van der Waals surface area contributed by atoms with E-state index in [4.69, 9.17) is 21.1 Å². The quantitative estimate of drug-likeness (QED) is 0.701. The van der Waals surface area contributed by atoms with E-state index in [1.54, 1.807) is 0 Å². The molecule has 0 aliphatic carbocycles. The van der Waals surface area contributed by atoms with E-state index < -0.39 is 0 Å². The molecule has 0 aromatic heterocycles. The molecule has 0 saturated carbocycles. The number of aliphatic hydroxyl groups is 1. The van der Waals surface area contributed by atoms with Crippen molar-refractivity contribution in [3.63, 3.8) is 0 Å². The predicted octanol–water partition coefficient (Wildman–Crippen LogP) is 4.18. The topological polar surface area (TPSA) is 50.7 Å². The van der Waals surface area contributed by atoms with Crippen molar-refractivity contribution in [3.8, 4) is 11.5 Å². The molecule has 2 aromatic rings. The Bertz CT molecular complexity index is 688. The summed E-state index contributed by atoms with van der Waals surface area (Å²) < 4.78 is 11.6. The highest BCUT2D eigenvalue weighted by Crippen LogP contribution is 2.30. The molecule has 2 rings (SSSR count). The second-order valence-electron chi connectivity index (χ2n) is 6.49. The lowest BCUT2D eigenvalue weighted by atomic mass is 10.1. The van der Waals surface area contributed by atoms with Gasteiger partial charge < -0.3 is 19.9 Å². The summed E-state index contributed by atoms with van der Waals surface area (Å²) in [6.45, 7) is 7.51. The minimum Gasteiger partial charge on any atom is -0.490 e. The van der Waals surface area contributed by atoms with Gasteiger partial charge in [0.1, 0.15) is 6.61 Å². The number of rotatable bonds is 9.